The lowest BCUT2D eigenvalue weighted by Crippen LogP contribution is -2.21. The van der Waals surface area contributed by atoms with E-state index in [0.29, 0.717) is 28.5 Å². The Hall–Kier alpha value is -2.62. The molecule has 0 unspecified atom stereocenters. The molecule has 2 aromatic rings. The molecule has 0 aliphatic carbocycles. The van der Waals surface area contributed by atoms with Gasteiger partial charge in [0.2, 0.25) is 5.91 Å². The second kappa shape index (κ2) is 9.91. The van der Waals surface area contributed by atoms with E-state index in [1.165, 1.54) is 7.11 Å². The first-order valence-electron chi connectivity index (χ1n) is 8.04. The molecule has 0 heterocycles. The van der Waals surface area contributed by atoms with Crippen molar-refractivity contribution in [2.45, 2.75) is 13.3 Å². The number of nitrogens with one attached hydrogen (secondary N) is 2. The van der Waals surface area contributed by atoms with Crippen LogP contribution in [0.1, 0.15) is 23.7 Å². The molecular weight excluding hydrogens is 461 g/mol. The molecule has 0 aliphatic heterocycles. The molecule has 142 valence electrons. The van der Waals surface area contributed by atoms with Gasteiger partial charge in [-0.3, -0.25) is 9.59 Å². The lowest BCUT2D eigenvalue weighted by molar-refractivity contribution is -0.115. The Balaban J connectivity index is 1.95. The van der Waals surface area contributed by atoms with Crippen LogP contribution in [0, 0.1) is 3.57 Å². The minimum Gasteiger partial charge on any atom is -0.497 e. The molecule has 2 amide bonds. The van der Waals surface area contributed by atoms with Gasteiger partial charge in [0, 0.05) is 20.9 Å². The van der Waals surface area contributed by atoms with Gasteiger partial charge in [-0.2, -0.15) is 5.10 Å². The summed E-state index contributed by atoms with van der Waals surface area (Å²) in [5.41, 5.74) is 3.96. The van der Waals surface area contributed by atoms with Gasteiger partial charge in [0.25, 0.3) is 5.91 Å². The number of carbonyl (C=O) groups is 2. The van der Waals surface area contributed by atoms with E-state index in [1.54, 1.807) is 50.4 Å². The second-order valence-corrected chi connectivity index (χ2v) is 6.84. The Morgan fingerprint density at radius 2 is 1.89 bits per heavy atom. The zero-order valence-electron chi connectivity index (χ0n) is 15.2. The van der Waals surface area contributed by atoms with E-state index in [9.17, 15) is 9.59 Å². The van der Waals surface area contributed by atoms with Gasteiger partial charge < -0.3 is 14.8 Å². The number of hydrogen-bond donors (Lipinski definition) is 2. The molecule has 2 aromatic carbocycles. The van der Waals surface area contributed by atoms with E-state index in [4.69, 9.17) is 9.47 Å². The first kappa shape index (κ1) is 20.7. The van der Waals surface area contributed by atoms with E-state index in [1.807, 2.05) is 6.07 Å². The molecule has 0 radical (unpaired) electrons. The predicted molar refractivity (Wildman–Crippen MR) is 113 cm³/mol. The lowest BCUT2D eigenvalue weighted by atomic mass is 10.2. The monoisotopic (exact) mass is 481 g/mol. The summed E-state index contributed by atoms with van der Waals surface area (Å²) in [4.78, 5) is 24.3. The number of hydrazone groups is 1. The molecule has 0 aliphatic rings. The highest BCUT2D eigenvalue weighted by molar-refractivity contribution is 14.1. The van der Waals surface area contributed by atoms with Crippen molar-refractivity contribution in [2.24, 2.45) is 5.10 Å². The van der Waals surface area contributed by atoms with Crippen molar-refractivity contribution < 1.29 is 19.1 Å². The van der Waals surface area contributed by atoms with Crippen molar-refractivity contribution in [3.63, 3.8) is 0 Å². The number of nitrogens with zero attached hydrogens (tertiary/aromatic N) is 1. The van der Waals surface area contributed by atoms with Gasteiger partial charge in [0.05, 0.1) is 26.3 Å². The third-order valence-electron chi connectivity index (χ3n) is 3.53. The van der Waals surface area contributed by atoms with Crippen LogP contribution in [0.15, 0.2) is 47.6 Å². The van der Waals surface area contributed by atoms with Crippen molar-refractivity contribution in [3.8, 4) is 11.5 Å². The average molecular weight is 481 g/mol. The first-order valence-corrected chi connectivity index (χ1v) is 9.11. The molecule has 27 heavy (non-hydrogen) atoms. The number of ether oxygens (including phenoxy) is 2. The van der Waals surface area contributed by atoms with Gasteiger partial charge in [-0.15, -0.1) is 0 Å². The molecule has 8 heteroatoms. The summed E-state index contributed by atoms with van der Waals surface area (Å²) in [6.07, 6.45) is 0.0296. The molecule has 0 saturated heterocycles. The Morgan fingerprint density at radius 1 is 1.11 bits per heavy atom. The topological polar surface area (TPSA) is 89.0 Å². The van der Waals surface area contributed by atoms with E-state index in [2.05, 4.69) is 38.4 Å². The maximum absolute atomic E-state index is 12.2. The molecule has 0 aromatic heterocycles. The van der Waals surface area contributed by atoms with Crippen molar-refractivity contribution in [2.75, 3.05) is 19.5 Å². The van der Waals surface area contributed by atoms with Crippen molar-refractivity contribution in [1.29, 1.82) is 0 Å². The third kappa shape index (κ3) is 6.24. The fourth-order valence-corrected chi connectivity index (χ4v) is 2.75. The fourth-order valence-electron chi connectivity index (χ4n) is 2.21. The van der Waals surface area contributed by atoms with Gasteiger partial charge in [-0.1, -0.05) is 6.07 Å². The maximum atomic E-state index is 12.2. The lowest BCUT2D eigenvalue weighted by Gasteiger charge is -2.11. The molecule has 2 N–H and O–H groups in total. The summed E-state index contributed by atoms with van der Waals surface area (Å²) in [6.45, 7) is 1.67. The van der Waals surface area contributed by atoms with E-state index < -0.39 is 0 Å². The molecular formula is C19H20IN3O4. The van der Waals surface area contributed by atoms with Crippen LogP contribution in [-0.4, -0.2) is 31.7 Å². The fraction of sp³-hybridized carbons (Fsp3) is 0.211. The van der Waals surface area contributed by atoms with Crippen LogP contribution in [0.3, 0.4) is 0 Å². The molecule has 0 atom stereocenters. The number of rotatable bonds is 7. The van der Waals surface area contributed by atoms with E-state index >= 15 is 0 Å². The van der Waals surface area contributed by atoms with E-state index in [0.717, 1.165) is 3.57 Å². The minimum atomic E-state index is -0.329. The van der Waals surface area contributed by atoms with Gasteiger partial charge in [-0.25, -0.2) is 5.43 Å². The van der Waals surface area contributed by atoms with E-state index in [-0.39, 0.29) is 18.2 Å². The number of carbonyl (C=O) groups excluding carboxylic acids is 2. The summed E-state index contributed by atoms with van der Waals surface area (Å²) in [5.74, 6) is 0.512. The SMILES string of the molecule is COc1ccc(NC(=O)CC(C)=NNC(=O)c2cccc(I)c2)c(OC)c1. The smallest absolute Gasteiger partial charge is 0.271 e. The number of methoxy groups -OCH3 is 2. The summed E-state index contributed by atoms with van der Waals surface area (Å²) in [7, 11) is 3.06. The molecule has 2 rings (SSSR count). The summed E-state index contributed by atoms with van der Waals surface area (Å²) in [5, 5.41) is 6.74. The number of hydrogen-bond acceptors (Lipinski definition) is 5. The van der Waals surface area contributed by atoms with Gasteiger partial charge in [0.15, 0.2) is 0 Å². The Kier molecular flexibility index (Phi) is 7.59. The highest BCUT2D eigenvalue weighted by atomic mass is 127. The number of halogens is 1. The van der Waals surface area contributed by atoms with Gasteiger partial charge in [0.1, 0.15) is 11.5 Å². The first-order chi connectivity index (χ1) is 12.9. The predicted octanol–water partition coefficient (Wildman–Crippen LogP) is 3.44. The van der Waals surface area contributed by atoms with Crippen LogP contribution >= 0.6 is 22.6 Å². The van der Waals surface area contributed by atoms with Gasteiger partial charge >= 0.3 is 0 Å². The normalized spacial score (nSPS) is 10.9. The second-order valence-electron chi connectivity index (χ2n) is 5.59. The maximum Gasteiger partial charge on any atom is 0.271 e. The third-order valence-corrected chi connectivity index (χ3v) is 4.21. The summed E-state index contributed by atoms with van der Waals surface area (Å²) in [6, 6.07) is 12.2. The number of benzene rings is 2. The van der Waals surface area contributed by atoms with Crippen LogP contribution in [-0.2, 0) is 4.79 Å². The number of amides is 2. The molecule has 0 spiro atoms. The largest absolute Gasteiger partial charge is 0.497 e. The summed E-state index contributed by atoms with van der Waals surface area (Å²) < 4.78 is 11.3. The Labute approximate surface area is 171 Å². The van der Waals surface area contributed by atoms with Crippen LogP contribution in [0.2, 0.25) is 0 Å². The zero-order valence-corrected chi connectivity index (χ0v) is 17.4. The van der Waals surface area contributed by atoms with Crippen molar-refractivity contribution in [1.82, 2.24) is 5.43 Å². The summed E-state index contributed by atoms with van der Waals surface area (Å²) >= 11 is 2.13. The Morgan fingerprint density at radius 3 is 2.56 bits per heavy atom. The van der Waals surface area contributed by atoms with Crippen molar-refractivity contribution >= 4 is 45.8 Å². The highest BCUT2D eigenvalue weighted by Crippen LogP contribution is 2.29. The average Bonchev–Trinajstić information content (AvgIpc) is 2.66. The molecule has 0 fully saturated rings. The molecule has 7 nitrogen and oxygen atoms in total. The zero-order chi connectivity index (χ0) is 19.8. The van der Waals surface area contributed by atoms with Crippen LogP contribution in [0.5, 0.6) is 11.5 Å². The molecule has 0 bridgehead atoms. The Bertz CT molecular complexity index is 868. The van der Waals surface area contributed by atoms with Gasteiger partial charge in [-0.05, 0) is 59.8 Å². The highest BCUT2D eigenvalue weighted by Gasteiger charge is 2.11. The quantitative estimate of drug-likeness (QED) is 0.360. The van der Waals surface area contributed by atoms with Crippen molar-refractivity contribution in [3.05, 3.63) is 51.6 Å². The standard InChI is InChI=1S/C19H20IN3O4/c1-12(22-23-19(25)13-5-4-6-14(20)10-13)9-18(24)21-16-8-7-15(26-2)11-17(16)27-3/h4-8,10-11H,9H2,1-3H3,(H,21,24)(H,23,25). The van der Waals surface area contributed by atoms with Crippen LogP contribution in [0.4, 0.5) is 5.69 Å². The minimum absolute atomic E-state index is 0.0296. The van der Waals surface area contributed by atoms with Crippen LogP contribution in [0.25, 0.3) is 0 Å². The molecule has 0 saturated carbocycles. The van der Waals surface area contributed by atoms with Crippen LogP contribution < -0.4 is 20.2 Å². The number of anilines is 1.